The minimum atomic E-state index is -1.18. The first-order valence-electron chi connectivity index (χ1n) is 10.8. The molecule has 0 spiro atoms. The Hall–Kier alpha value is -2.57. The lowest BCUT2D eigenvalue weighted by Crippen LogP contribution is -2.54. The molecule has 31 heavy (non-hydrogen) atoms. The first kappa shape index (κ1) is 23.1. The van der Waals surface area contributed by atoms with Crippen LogP contribution < -0.4 is 21.3 Å². The largest absolute Gasteiger partial charge is 0.320 e. The van der Waals surface area contributed by atoms with Crippen LogP contribution in [0.15, 0.2) is 48.5 Å². The molecule has 1 aliphatic carbocycles. The molecule has 0 bridgehead atoms. The highest BCUT2D eigenvalue weighted by Gasteiger charge is 2.27. The van der Waals surface area contributed by atoms with Crippen LogP contribution in [0.5, 0.6) is 0 Å². The Labute approximate surface area is 189 Å². The van der Waals surface area contributed by atoms with E-state index in [0.29, 0.717) is 22.5 Å². The molecule has 0 heterocycles. The number of benzene rings is 2. The van der Waals surface area contributed by atoms with Crippen molar-refractivity contribution in [3.05, 3.63) is 59.1 Å². The Bertz CT molecular complexity index is 914. The Morgan fingerprint density at radius 3 is 2.52 bits per heavy atom. The maximum Gasteiger partial charge on any atom is 0.320 e. The van der Waals surface area contributed by atoms with Crippen molar-refractivity contribution in [2.24, 2.45) is 11.7 Å². The fourth-order valence-electron chi connectivity index (χ4n) is 4.33. The molecule has 2 atom stereocenters. The SMILES string of the molecule is CC(c1ccccc1N(C)C(=O)C(N)NC(=O)Nc1cccc(Cl)c1)C1CCCCC1. The van der Waals surface area contributed by atoms with E-state index in [1.54, 1.807) is 36.2 Å². The number of carbonyl (C=O) groups excluding carboxylic acids is 2. The minimum absolute atomic E-state index is 0.349. The first-order chi connectivity index (χ1) is 14.9. The molecule has 166 valence electrons. The van der Waals surface area contributed by atoms with Gasteiger partial charge in [0, 0.05) is 23.4 Å². The number of carbonyl (C=O) groups is 2. The Balaban J connectivity index is 1.67. The van der Waals surface area contributed by atoms with E-state index in [9.17, 15) is 9.59 Å². The Morgan fingerprint density at radius 1 is 1.10 bits per heavy atom. The highest BCUT2D eigenvalue weighted by molar-refractivity contribution is 6.30. The number of rotatable bonds is 6. The second kappa shape index (κ2) is 10.6. The maximum atomic E-state index is 13.0. The fraction of sp³-hybridized carbons (Fsp3) is 0.417. The number of nitrogens with one attached hydrogen (secondary N) is 2. The second-order valence-electron chi connectivity index (χ2n) is 8.23. The van der Waals surface area contributed by atoms with Crippen molar-refractivity contribution in [1.82, 2.24) is 5.32 Å². The van der Waals surface area contributed by atoms with Crippen LogP contribution in [0, 0.1) is 5.92 Å². The van der Waals surface area contributed by atoms with Gasteiger partial charge in [-0.15, -0.1) is 0 Å². The van der Waals surface area contributed by atoms with Crippen molar-refractivity contribution in [2.75, 3.05) is 17.3 Å². The van der Waals surface area contributed by atoms with Gasteiger partial charge in [-0.2, -0.15) is 0 Å². The summed E-state index contributed by atoms with van der Waals surface area (Å²) in [6.07, 6.45) is 5.10. The number of para-hydroxylation sites is 1. The number of nitrogens with zero attached hydrogens (tertiary/aromatic N) is 1. The normalized spacial score (nSPS) is 16.3. The fourth-order valence-corrected chi connectivity index (χ4v) is 4.52. The van der Waals surface area contributed by atoms with E-state index in [-0.39, 0.29) is 5.91 Å². The van der Waals surface area contributed by atoms with Crippen molar-refractivity contribution in [3.63, 3.8) is 0 Å². The van der Waals surface area contributed by atoms with Crippen molar-refractivity contribution >= 4 is 34.9 Å². The summed E-state index contributed by atoms with van der Waals surface area (Å²) in [5, 5.41) is 5.64. The molecule has 0 aromatic heterocycles. The highest BCUT2D eigenvalue weighted by atomic mass is 35.5. The molecule has 3 rings (SSSR count). The molecule has 2 aromatic carbocycles. The quantitative estimate of drug-likeness (QED) is 0.544. The number of halogens is 1. The van der Waals surface area contributed by atoms with Crippen LogP contribution in [0.2, 0.25) is 5.02 Å². The summed E-state index contributed by atoms with van der Waals surface area (Å²) in [7, 11) is 1.70. The van der Waals surface area contributed by atoms with Gasteiger partial charge in [0.25, 0.3) is 5.91 Å². The van der Waals surface area contributed by atoms with Gasteiger partial charge >= 0.3 is 6.03 Å². The molecular weight excluding hydrogens is 412 g/mol. The van der Waals surface area contributed by atoms with Gasteiger partial charge in [0.1, 0.15) is 0 Å². The van der Waals surface area contributed by atoms with Crippen LogP contribution in [0.4, 0.5) is 16.2 Å². The summed E-state index contributed by atoms with van der Waals surface area (Å²) < 4.78 is 0. The van der Waals surface area contributed by atoms with Crippen molar-refractivity contribution in [2.45, 2.75) is 51.1 Å². The van der Waals surface area contributed by atoms with Gasteiger partial charge < -0.3 is 21.3 Å². The number of amides is 3. The zero-order chi connectivity index (χ0) is 22.4. The number of likely N-dealkylation sites (N-methyl/N-ethyl adjacent to an activating group) is 1. The van der Waals surface area contributed by atoms with Crippen LogP contribution in [0.25, 0.3) is 0 Å². The molecule has 6 nitrogen and oxygen atoms in total. The van der Waals surface area contributed by atoms with Crippen LogP contribution in [0.3, 0.4) is 0 Å². The third kappa shape index (κ3) is 5.99. The van der Waals surface area contributed by atoms with Gasteiger partial charge in [-0.1, -0.05) is 62.1 Å². The lowest BCUT2D eigenvalue weighted by atomic mass is 9.77. The van der Waals surface area contributed by atoms with E-state index in [0.717, 1.165) is 11.3 Å². The number of hydrogen-bond donors (Lipinski definition) is 3. The van der Waals surface area contributed by atoms with Crippen LogP contribution in [-0.2, 0) is 4.79 Å². The van der Waals surface area contributed by atoms with E-state index in [4.69, 9.17) is 17.3 Å². The van der Waals surface area contributed by atoms with Crippen LogP contribution in [-0.4, -0.2) is 25.2 Å². The van der Waals surface area contributed by atoms with Crippen LogP contribution in [0.1, 0.15) is 50.5 Å². The average Bonchev–Trinajstić information content (AvgIpc) is 2.78. The van der Waals surface area contributed by atoms with Gasteiger partial charge in [0.15, 0.2) is 6.17 Å². The standard InChI is InChI=1S/C24H31ClN4O2/c1-16(17-9-4-3-5-10-17)20-13-6-7-14-21(20)29(2)23(30)22(26)28-24(31)27-19-12-8-11-18(25)15-19/h6-8,11-17,22H,3-5,9-10,26H2,1-2H3,(H2,27,28,31). The molecule has 7 heteroatoms. The molecule has 3 amide bonds. The third-order valence-corrected chi connectivity index (χ3v) is 6.35. The monoisotopic (exact) mass is 442 g/mol. The second-order valence-corrected chi connectivity index (χ2v) is 8.67. The lowest BCUT2D eigenvalue weighted by molar-refractivity contribution is -0.120. The lowest BCUT2D eigenvalue weighted by Gasteiger charge is -2.31. The molecule has 1 saturated carbocycles. The molecule has 2 unspecified atom stereocenters. The number of nitrogens with two attached hydrogens (primary N) is 1. The zero-order valence-corrected chi connectivity index (χ0v) is 18.9. The zero-order valence-electron chi connectivity index (χ0n) is 18.1. The predicted molar refractivity (Wildman–Crippen MR) is 126 cm³/mol. The number of anilines is 2. The maximum absolute atomic E-state index is 13.0. The van der Waals surface area contributed by atoms with Gasteiger partial charge in [-0.05, 0) is 54.5 Å². The van der Waals surface area contributed by atoms with E-state index in [1.165, 1.54) is 32.1 Å². The predicted octanol–water partition coefficient (Wildman–Crippen LogP) is 5.09. The summed E-state index contributed by atoms with van der Waals surface area (Å²) in [4.78, 5) is 26.8. The molecule has 4 N–H and O–H groups in total. The summed E-state index contributed by atoms with van der Waals surface area (Å²) in [5.41, 5.74) is 8.51. The highest BCUT2D eigenvalue weighted by Crippen LogP contribution is 2.39. The smallest absolute Gasteiger partial charge is 0.314 e. The Kier molecular flexibility index (Phi) is 7.93. The summed E-state index contributed by atoms with van der Waals surface area (Å²) in [6, 6.07) is 14.1. The summed E-state index contributed by atoms with van der Waals surface area (Å²) in [5.74, 6) is 0.584. The summed E-state index contributed by atoms with van der Waals surface area (Å²) >= 11 is 5.93. The van der Waals surface area contributed by atoms with E-state index >= 15 is 0 Å². The molecule has 2 aromatic rings. The van der Waals surface area contributed by atoms with Gasteiger partial charge in [-0.25, -0.2) is 4.79 Å². The van der Waals surface area contributed by atoms with Gasteiger partial charge in [-0.3, -0.25) is 4.79 Å². The third-order valence-electron chi connectivity index (χ3n) is 6.11. The minimum Gasteiger partial charge on any atom is -0.314 e. The van der Waals surface area contributed by atoms with E-state index in [2.05, 4.69) is 23.6 Å². The molecular formula is C24H31ClN4O2. The number of hydrogen-bond acceptors (Lipinski definition) is 3. The van der Waals surface area contributed by atoms with E-state index < -0.39 is 12.2 Å². The topological polar surface area (TPSA) is 87.5 Å². The first-order valence-corrected chi connectivity index (χ1v) is 11.2. The molecule has 0 saturated heterocycles. The van der Waals surface area contributed by atoms with E-state index in [1.807, 2.05) is 18.2 Å². The van der Waals surface area contributed by atoms with Crippen molar-refractivity contribution in [1.29, 1.82) is 0 Å². The molecule has 0 aliphatic heterocycles. The number of urea groups is 1. The molecule has 1 aliphatic rings. The Morgan fingerprint density at radius 2 is 1.81 bits per heavy atom. The van der Waals surface area contributed by atoms with Gasteiger partial charge in [0.2, 0.25) is 0 Å². The van der Waals surface area contributed by atoms with Gasteiger partial charge in [0.05, 0.1) is 0 Å². The van der Waals surface area contributed by atoms with Crippen molar-refractivity contribution in [3.8, 4) is 0 Å². The average molecular weight is 443 g/mol. The van der Waals surface area contributed by atoms with Crippen molar-refractivity contribution < 1.29 is 9.59 Å². The van der Waals surface area contributed by atoms with Crippen LogP contribution >= 0.6 is 11.6 Å². The molecule has 1 fully saturated rings. The molecule has 0 radical (unpaired) electrons. The summed E-state index contributed by atoms with van der Waals surface area (Å²) in [6.45, 7) is 2.24.